The van der Waals surface area contributed by atoms with Gasteiger partial charge in [0.2, 0.25) is 0 Å². The monoisotopic (exact) mass is 449 g/mol. The zero-order valence-electron chi connectivity index (χ0n) is 20.3. The molecule has 32 heavy (non-hydrogen) atoms. The summed E-state index contributed by atoms with van der Waals surface area (Å²) in [4.78, 5) is 39.5. The minimum absolute atomic E-state index is 0.0349. The van der Waals surface area contributed by atoms with E-state index < -0.39 is 17.7 Å². The number of aliphatic hydroxyl groups excluding tert-OH is 1. The predicted molar refractivity (Wildman–Crippen MR) is 120 cm³/mol. The molecule has 0 aromatic rings. The largest absolute Gasteiger partial charge is 0.461 e. The predicted octanol–water partition coefficient (Wildman–Crippen LogP) is 2.75. The van der Waals surface area contributed by atoms with Gasteiger partial charge in [-0.25, -0.2) is 4.79 Å². The van der Waals surface area contributed by atoms with Crippen LogP contribution in [-0.4, -0.2) is 66.7 Å². The first-order chi connectivity index (χ1) is 14.9. The highest BCUT2D eigenvalue weighted by Crippen LogP contribution is 2.62. The van der Waals surface area contributed by atoms with Crippen molar-refractivity contribution in [2.45, 2.75) is 71.5 Å². The van der Waals surface area contributed by atoms with Crippen molar-refractivity contribution in [3.05, 3.63) is 11.6 Å². The van der Waals surface area contributed by atoms with Crippen LogP contribution in [0.5, 0.6) is 0 Å². The number of ether oxygens (including phenoxy) is 2. The number of ketones is 1. The van der Waals surface area contributed by atoms with Crippen molar-refractivity contribution in [3.8, 4) is 0 Å². The van der Waals surface area contributed by atoms with Gasteiger partial charge >= 0.3 is 11.9 Å². The average Bonchev–Trinajstić information content (AvgIpc) is 2.68. The first-order valence-corrected chi connectivity index (χ1v) is 11.8. The summed E-state index contributed by atoms with van der Waals surface area (Å²) in [6.07, 6.45) is 3.98. The summed E-state index contributed by atoms with van der Waals surface area (Å²) in [6, 6.07) is 0. The van der Waals surface area contributed by atoms with E-state index in [2.05, 4.69) is 6.92 Å². The van der Waals surface area contributed by atoms with Gasteiger partial charge in [-0.15, -0.1) is 0 Å². The summed E-state index contributed by atoms with van der Waals surface area (Å²) >= 11 is 0. The molecule has 0 aromatic heterocycles. The summed E-state index contributed by atoms with van der Waals surface area (Å²) in [7, 11) is 3.85. The fourth-order valence-corrected chi connectivity index (χ4v) is 6.74. The van der Waals surface area contributed by atoms with Gasteiger partial charge in [-0.2, -0.15) is 0 Å². The SMILES string of the molecule is CC(=O)O[C@]1(C)[C@@H]2CC(=O)[C@H]3[C@@H](C)/C(=C/C(=O)OCCN(C)C)CC[C@@H]3[C@@]2(C)CC[C@@H]1O. The van der Waals surface area contributed by atoms with Crippen LogP contribution in [0.3, 0.4) is 0 Å². The van der Waals surface area contributed by atoms with E-state index in [-0.39, 0.29) is 47.3 Å². The molecule has 3 aliphatic carbocycles. The minimum atomic E-state index is -1.06. The molecule has 0 radical (unpaired) electrons. The number of Topliss-reactive ketones (excluding diaryl/α,β-unsaturated/α-hetero) is 1. The van der Waals surface area contributed by atoms with E-state index in [1.807, 2.05) is 25.9 Å². The van der Waals surface area contributed by atoms with E-state index in [0.717, 1.165) is 24.8 Å². The molecule has 0 bridgehead atoms. The molecule has 0 amide bonds. The molecule has 3 saturated carbocycles. The Morgan fingerprint density at radius 2 is 1.94 bits per heavy atom. The fourth-order valence-electron chi connectivity index (χ4n) is 6.74. The van der Waals surface area contributed by atoms with Gasteiger partial charge in [-0.05, 0) is 64.0 Å². The van der Waals surface area contributed by atoms with E-state index >= 15 is 0 Å². The van der Waals surface area contributed by atoms with E-state index in [1.54, 1.807) is 13.0 Å². The third-order valence-corrected chi connectivity index (χ3v) is 8.48. The minimum Gasteiger partial charge on any atom is -0.461 e. The van der Waals surface area contributed by atoms with Crippen LogP contribution in [0.1, 0.15) is 59.8 Å². The molecule has 3 rings (SSSR count). The van der Waals surface area contributed by atoms with Gasteiger partial charge < -0.3 is 19.5 Å². The Labute approximate surface area is 191 Å². The standard InChI is InChI=1S/C25H39NO6/c1-15-17(13-22(30)31-12-11-26(5)6)7-8-18-23(15)19(28)14-20-24(18,3)10-9-21(29)25(20,4)32-16(2)27/h13,15,18,20-21,23,29H,7-12,14H2,1-6H3/b17-13+/t15-,18-,20+,21-,23-,24+,25+/m0/s1. The Hall–Kier alpha value is -1.73. The van der Waals surface area contributed by atoms with Gasteiger partial charge in [0, 0.05) is 37.8 Å². The van der Waals surface area contributed by atoms with Gasteiger partial charge in [0.1, 0.15) is 18.0 Å². The first-order valence-electron chi connectivity index (χ1n) is 11.8. The van der Waals surface area contributed by atoms with Gasteiger partial charge in [-0.3, -0.25) is 9.59 Å². The van der Waals surface area contributed by atoms with Gasteiger partial charge in [0.25, 0.3) is 0 Å². The second-order valence-corrected chi connectivity index (χ2v) is 10.7. The number of fused-ring (bicyclic) bond motifs is 3. The van der Waals surface area contributed by atoms with Crippen LogP contribution in [0.4, 0.5) is 0 Å². The smallest absolute Gasteiger partial charge is 0.330 e. The molecule has 7 atom stereocenters. The Kier molecular flexibility index (Phi) is 7.20. The number of esters is 2. The molecule has 0 saturated heterocycles. The highest BCUT2D eigenvalue weighted by Gasteiger charge is 2.64. The number of rotatable bonds is 5. The molecule has 0 aromatic carbocycles. The molecule has 3 fully saturated rings. The maximum absolute atomic E-state index is 13.4. The summed E-state index contributed by atoms with van der Waals surface area (Å²) in [6.45, 7) is 8.39. The van der Waals surface area contributed by atoms with Crippen LogP contribution < -0.4 is 0 Å². The summed E-state index contributed by atoms with van der Waals surface area (Å²) in [5.41, 5.74) is -0.293. The van der Waals surface area contributed by atoms with Crippen molar-refractivity contribution in [2.24, 2.45) is 29.1 Å². The van der Waals surface area contributed by atoms with Crippen LogP contribution in [0.25, 0.3) is 0 Å². The van der Waals surface area contributed by atoms with E-state index in [1.165, 1.54) is 6.92 Å². The van der Waals surface area contributed by atoms with Crippen molar-refractivity contribution < 1.29 is 29.0 Å². The van der Waals surface area contributed by atoms with Gasteiger partial charge in [-0.1, -0.05) is 19.4 Å². The highest BCUT2D eigenvalue weighted by atomic mass is 16.6. The van der Waals surface area contributed by atoms with E-state index in [0.29, 0.717) is 19.6 Å². The number of likely N-dealkylation sites (N-methyl/N-ethyl adjacent to an activating group) is 1. The molecule has 0 heterocycles. The lowest BCUT2D eigenvalue weighted by molar-refractivity contribution is -0.224. The van der Waals surface area contributed by atoms with E-state index in [9.17, 15) is 19.5 Å². The lowest BCUT2D eigenvalue weighted by Gasteiger charge is -2.61. The molecule has 0 aliphatic heterocycles. The Bertz CT molecular complexity index is 791. The highest BCUT2D eigenvalue weighted by molar-refractivity contribution is 5.86. The number of allylic oxidation sites excluding steroid dienone is 1. The maximum Gasteiger partial charge on any atom is 0.330 e. The summed E-state index contributed by atoms with van der Waals surface area (Å²) < 4.78 is 11.0. The Morgan fingerprint density at radius 1 is 1.25 bits per heavy atom. The summed E-state index contributed by atoms with van der Waals surface area (Å²) in [5, 5.41) is 10.8. The number of nitrogens with zero attached hydrogens (tertiary/aromatic N) is 1. The zero-order chi connectivity index (χ0) is 23.8. The Morgan fingerprint density at radius 3 is 2.56 bits per heavy atom. The van der Waals surface area contributed by atoms with Crippen LogP contribution in [-0.2, 0) is 23.9 Å². The van der Waals surface area contributed by atoms with Crippen LogP contribution >= 0.6 is 0 Å². The molecule has 0 spiro atoms. The number of carbonyl (C=O) groups excluding carboxylic acids is 3. The number of aliphatic hydroxyl groups is 1. The molecule has 3 aliphatic rings. The maximum atomic E-state index is 13.4. The van der Waals surface area contributed by atoms with Crippen LogP contribution in [0, 0.1) is 29.1 Å². The molecular formula is C25H39NO6. The van der Waals surface area contributed by atoms with Crippen molar-refractivity contribution in [1.82, 2.24) is 4.90 Å². The Balaban J connectivity index is 1.82. The molecule has 180 valence electrons. The first kappa shape index (κ1) is 24.9. The van der Waals surface area contributed by atoms with Crippen molar-refractivity contribution in [3.63, 3.8) is 0 Å². The third-order valence-electron chi connectivity index (χ3n) is 8.48. The molecule has 1 N–H and O–H groups in total. The quantitative estimate of drug-likeness (QED) is 0.509. The fraction of sp³-hybridized carbons (Fsp3) is 0.800. The number of hydrogen-bond donors (Lipinski definition) is 1. The van der Waals surface area contributed by atoms with Crippen molar-refractivity contribution in [2.75, 3.05) is 27.2 Å². The van der Waals surface area contributed by atoms with Crippen molar-refractivity contribution >= 4 is 17.7 Å². The van der Waals surface area contributed by atoms with Gasteiger partial charge in [0.15, 0.2) is 0 Å². The topological polar surface area (TPSA) is 93.1 Å². The van der Waals surface area contributed by atoms with Crippen LogP contribution in [0.15, 0.2) is 11.6 Å². The molecule has 7 heteroatoms. The van der Waals surface area contributed by atoms with Crippen molar-refractivity contribution in [1.29, 1.82) is 0 Å². The molecule has 7 nitrogen and oxygen atoms in total. The zero-order valence-corrected chi connectivity index (χ0v) is 20.3. The number of carbonyl (C=O) groups is 3. The lowest BCUT2D eigenvalue weighted by atomic mass is 9.44. The lowest BCUT2D eigenvalue weighted by Crippen LogP contribution is -2.65. The normalized spacial score (nSPS) is 40.6. The number of hydrogen-bond acceptors (Lipinski definition) is 7. The second kappa shape index (κ2) is 9.26. The molecular weight excluding hydrogens is 410 g/mol. The third kappa shape index (κ3) is 4.51. The summed E-state index contributed by atoms with van der Waals surface area (Å²) in [5.74, 6) is -0.916. The second-order valence-electron chi connectivity index (χ2n) is 10.7. The van der Waals surface area contributed by atoms with Gasteiger partial charge in [0.05, 0.1) is 6.10 Å². The average molecular weight is 450 g/mol. The molecule has 0 unspecified atom stereocenters. The van der Waals surface area contributed by atoms with Crippen LogP contribution in [0.2, 0.25) is 0 Å². The van der Waals surface area contributed by atoms with E-state index in [4.69, 9.17) is 9.47 Å².